The van der Waals surface area contributed by atoms with Crippen LogP contribution >= 0.6 is 23.5 Å². The second-order valence-electron chi connectivity index (χ2n) is 6.05. The van der Waals surface area contributed by atoms with Gasteiger partial charge in [0.25, 0.3) is 0 Å². The minimum Gasteiger partial charge on any atom is -0.423 e. The maximum atomic E-state index is 12.3. The van der Waals surface area contributed by atoms with Crippen LogP contribution in [0.15, 0.2) is 88.7 Å². The molecule has 0 saturated carbocycles. The molecule has 0 aliphatic heterocycles. The van der Waals surface area contributed by atoms with E-state index in [1.165, 1.54) is 6.08 Å². The van der Waals surface area contributed by atoms with Gasteiger partial charge in [-0.1, -0.05) is 25.3 Å². The van der Waals surface area contributed by atoms with Crippen molar-refractivity contribution in [3.05, 3.63) is 84.5 Å². The van der Waals surface area contributed by atoms with Gasteiger partial charge >= 0.3 is 5.97 Å². The molecule has 0 fully saturated rings. The van der Waals surface area contributed by atoms with Crippen LogP contribution in [0.3, 0.4) is 0 Å². The average molecular weight is 425 g/mol. The van der Waals surface area contributed by atoms with E-state index >= 15 is 0 Å². The predicted octanol–water partition coefficient (Wildman–Crippen LogP) is 5.70. The lowest BCUT2D eigenvalue weighted by atomic mass is 10.1. The molecule has 0 bridgehead atoms. The van der Waals surface area contributed by atoms with E-state index in [0.29, 0.717) is 16.9 Å². The standard InChI is InChI=1S/C23H20O4S2/c1-5-21(24)28-19-10-6-17(7-11-19)14-16(4)22(25)27-18-8-12-20(13-9-18)29-23(26)15(2)3/h5-14H,1-2H2,3-4H3/b16-14+. The third-order valence-corrected chi connectivity index (χ3v) is 5.48. The van der Waals surface area contributed by atoms with E-state index in [1.54, 1.807) is 56.3 Å². The lowest BCUT2D eigenvalue weighted by Gasteiger charge is -2.06. The second kappa shape index (κ2) is 10.6. The van der Waals surface area contributed by atoms with Crippen LogP contribution in [0.2, 0.25) is 0 Å². The highest BCUT2D eigenvalue weighted by molar-refractivity contribution is 8.14. The summed E-state index contributed by atoms with van der Waals surface area (Å²) in [7, 11) is 0. The van der Waals surface area contributed by atoms with Crippen molar-refractivity contribution in [3.63, 3.8) is 0 Å². The van der Waals surface area contributed by atoms with E-state index in [2.05, 4.69) is 13.2 Å². The monoisotopic (exact) mass is 424 g/mol. The van der Waals surface area contributed by atoms with Crippen molar-refractivity contribution in [2.24, 2.45) is 0 Å². The van der Waals surface area contributed by atoms with Crippen LogP contribution in [-0.4, -0.2) is 16.2 Å². The zero-order chi connectivity index (χ0) is 21.4. The van der Waals surface area contributed by atoms with Gasteiger partial charge in [-0.05, 0) is 97.1 Å². The molecule has 0 aliphatic rings. The molecule has 6 heteroatoms. The number of hydrogen-bond donors (Lipinski definition) is 0. The molecular formula is C23H20O4S2. The minimum absolute atomic E-state index is 0.105. The largest absolute Gasteiger partial charge is 0.423 e. The Morgan fingerprint density at radius 3 is 2.00 bits per heavy atom. The number of benzene rings is 2. The first-order valence-corrected chi connectivity index (χ1v) is 10.2. The summed E-state index contributed by atoms with van der Waals surface area (Å²) in [6.07, 6.45) is 2.98. The fraction of sp³-hybridized carbons (Fsp3) is 0.0870. The van der Waals surface area contributed by atoms with Gasteiger partial charge in [0.2, 0.25) is 10.2 Å². The summed E-state index contributed by atoms with van der Waals surface area (Å²) >= 11 is 2.16. The van der Waals surface area contributed by atoms with Crippen LogP contribution in [0.4, 0.5) is 0 Å². The second-order valence-corrected chi connectivity index (χ2v) is 8.18. The molecule has 148 valence electrons. The van der Waals surface area contributed by atoms with Crippen molar-refractivity contribution < 1.29 is 19.1 Å². The van der Waals surface area contributed by atoms with Gasteiger partial charge in [0, 0.05) is 15.4 Å². The van der Waals surface area contributed by atoms with E-state index in [0.717, 1.165) is 38.9 Å². The van der Waals surface area contributed by atoms with Gasteiger partial charge in [-0.15, -0.1) is 0 Å². The zero-order valence-electron chi connectivity index (χ0n) is 16.1. The molecule has 0 aromatic heterocycles. The molecule has 2 aromatic carbocycles. The van der Waals surface area contributed by atoms with E-state index in [4.69, 9.17) is 4.74 Å². The van der Waals surface area contributed by atoms with Gasteiger partial charge in [-0.25, -0.2) is 4.79 Å². The maximum Gasteiger partial charge on any atom is 0.339 e. The topological polar surface area (TPSA) is 60.4 Å². The third kappa shape index (κ3) is 7.25. The van der Waals surface area contributed by atoms with E-state index in [1.807, 2.05) is 12.1 Å². The predicted molar refractivity (Wildman–Crippen MR) is 119 cm³/mol. The number of esters is 1. The van der Waals surface area contributed by atoms with Gasteiger partial charge in [-0.3, -0.25) is 9.59 Å². The van der Waals surface area contributed by atoms with Gasteiger partial charge in [0.15, 0.2) is 0 Å². The van der Waals surface area contributed by atoms with Crippen LogP contribution in [0.5, 0.6) is 5.75 Å². The van der Waals surface area contributed by atoms with Crippen molar-refractivity contribution in [2.75, 3.05) is 0 Å². The quantitative estimate of drug-likeness (QED) is 0.246. The van der Waals surface area contributed by atoms with Gasteiger partial charge in [-0.2, -0.15) is 0 Å². The first-order chi connectivity index (χ1) is 13.8. The molecule has 0 saturated heterocycles. The first kappa shape index (κ1) is 22.5. The fourth-order valence-corrected chi connectivity index (χ4v) is 3.30. The van der Waals surface area contributed by atoms with E-state index in [9.17, 15) is 14.4 Å². The molecule has 0 spiro atoms. The van der Waals surface area contributed by atoms with Crippen molar-refractivity contribution in [1.82, 2.24) is 0 Å². The Balaban J connectivity index is 1.99. The van der Waals surface area contributed by atoms with E-state index < -0.39 is 5.97 Å². The Morgan fingerprint density at radius 2 is 1.45 bits per heavy atom. The molecule has 4 nitrogen and oxygen atoms in total. The Hall–Kier alpha value is -2.83. The molecule has 2 aromatic rings. The lowest BCUT2D eigenvalue weighted by Crippen LogP contribution is -2.09. The number of ether oxygens (including phenoxy) is 1. The molecule has 0 N–H and O–H groups in total. The Labute approximate surface area is 178 Å². The van der Waals surface area contributed by atoms with Crippen molar-refractivity contribution in [2.45, 2.75) is 23.6 Å². The number of carbonyl (C=O) groups is 3. The summed E-state index contributed by atoms with van der Waals surface area (Å²) in [4.78, 5) is 36.9. The fourth-order valence-electron chi connectivity index (χ4n) is 2.06. The Morgan fingerprint density at radius 1 is 0.897 bits per heavy atom. The van der Waals surface area contributed by atoms with Crippen molar-refractivity contribution in [1.29, 1.82) is 0 Å². The number of hydrogen-bond acceptors (Lipinski definition) is 6. The van der Waals surface area contributed by atoms with Gasteiger partial charge in [0.1, 0.15) is 5.75 Å². The Bertz CT molecular complexity index is 971. The molecule has 0 aliphatic carbocycles. The SMILES string of the molecule is C=CC(=O)Sc1ccc(/C=C(\C)C(=O)Oc2ccc(SC(=O)C(=C)C)cc2)cc1. The normalized spacial score (nSPS) is 10.9. The van der Waals surface area contributed by atoms with Crippen LogP contribution in [0, 0.1) is 0 Å². The summed E-state index contributed by atoms with van der Waals surface area (Å²) < 4.78 is 5.37. The van der Waals surface area contributed by atoms with Crippen molar-refractivity contribution in [3.8, 4) is 5.75 Å². The molecule has 2 rings (SSSR count). The summed E-state index contributed by atoms with van der Waals surface area (Å²) in [5.41, 5.74) is 1.73. The molecule has 29 heavy (non-hydrogen) atoms. The molecule has 0 heterocycles. The summed E-state index contributed by atoms with van der Waals surface area (Å²) in [5.74, 6) is -0.0757. The van der Waals surface area contributed by atoms with E-state index in [-0.39, 0.29) is 10.2 Å². The maximum absolute atomic E-state index is 12.3. The molecule has 0 atom stereocenters. The number of thioether (sulfide) groups is 2. The Kier molecular flexibility index (Phi) is 8.24. The smallest absolute Gasteiger partial charge is 0.339 e. The third-order valence-electron chi connectivity index (χ3n) is 3.56. The number of rotatable bonds is 7. The summed E-state index contributed by atoms with van der Waals surface area (Å²) in [6, 6.07) is 14.0. The van der Waals surface area contributed by atoms with Crippen LogP contribution in [0.25, 0.3) is 6.08 Å². The highest BCUT2D eigenvalue weighted by Crippen LogP contribution is 2.25. The van der Waals surface area contributed by atoms with Crippen LogP contribution in [-0.2, 0) is 14.4 Å². The van der Waals surface area contributed by atoms with Crippen LogP contribution < -0.4 is 4.74 Å². The zero-order valence-corrected chi connectivity index (χ0v) is 17.8. The first-order valence-electron chi connectivity index (χ1n) is 8.61. The summed E-state index contributed by atoms with van der Waals surface area (Å²) in [5, 5.41) is -0.228. The summed E-state index contributed by atoms with van der Waals surface area (Å²) in [6.45, 7) is 10.4. The molecular weight excluding hydrogens is 404 g/mol. The molecule has 0 radical (unpaired) electrons. The lowest BCUT2D eigenvalue weighted by molar-refractivity contribution is -0.130. The highest BCUT2D eigenvalue weighted by Gasteiger charge is 2.10. The molecule has 0 unspecified atom stereocenters. The minimum atomic E-state index is -0.469. The van der Waals surface area contributed by atoms with Gasteiger partial charge < -0.3 is 4.74 Å². The van der Waals surface area contributed by atoms with Crippen LogP contribution in [0.1, 0.15) is 19.4 Å². The van der Waals surface area contributed by atoms with Gasteiger partial charge in [0.05, 0.1) is 0 Å². The average Bonchev–Trinajstić information content (AvgIpc) is 2.70. The molecule has 0 amide bonds. The van der Waals surface area contributed by atoms with Crippen molar-refractivity contribution >= 4 is 45.8 Å². The highest BCUT2D eigenvalue weighted by atomic mass is 32.2. The number of carbonyl (C=O) groups excluding carboxylic acids is 3.